The number of hydrogen-bond acceptors (Lipinski definition) is 6. The van der Waals surface area contributed by atoms with Crippen LogP contribution in [0.3, 0.4) is 0 Å². The molecule has 1 saturated heterocycles. The number of rotatable bonds is 6. The van der Waals surface area contributed by atoms with E-state index in [0.29, 0.717) is 27.4 Å². The Morgan fingerprint density at radius 1 is 1.16 bits per heavy atom. The lowest BCUT2D eigenvalue weighted by Gasteiger charge is -2.25. The molecule has 2 heterocycles. The molecule has 1 aliphatic heterocycles. The maximum atomic E-state index is 12.4. The van der Waals surface area contributed by atoms with E-state index in [9.17, 15) is 13.2 Å². The van der Waals surface area contributed by atoms with Crippen molar-refractivity contribution >= 4 is 50.7 Å². The fourth-order valence-electron chi connectivity index (χ4n) is 4.21. The van der Waals surface area contributed by atoms with Crippen LogP contribution in [0.2, 0.25) is 10.0 Å². The van der Waals surface area contributed by atoms with Gasteiger partial charge in [-0.15, -0.1) is 10.2 Å². The first kappa shape index (κ1) is 22.9. The predicted molar refractivity (Wildman–Crippen MR) is 124 cm³/mol. The first-order valence-electron chi connectivity index (χ1n) is 10.4. The van der Waals surface area contributed by atoms with Gasteiger partial charge in [-0.05, 0) is 37.5 Å². The number of halogens is 2. The van der Waals surface area contributed by atoms with Crippen LogP contribution in [0.1, 0.15) is 44.6 Å². The summed E-state index contributed by atoms with van der Waals surface area (Å²) in [6, 6.07) is 5.25. The fourth-order valence-corrected chi connectivity index (χ4v) is 7.19. The topological polar surface area (TPSA) is 93.9 Å². The van der Waals surface area contributed by atoms with Crippen LogP contribution in [0, 0.1) is 0 Å². The number of thioether (sulfide) groups is 1. The van der Waals surface area contributed by atoms with Gasteiger partial charge in [0.05, 0.1) is 22.3 Å². The summed E-state index contributed by atoms with van der Waals surface area (Å²) in [5.41, 5.74) is 0.761. The van der Waals surface area contributed by atoms with Gasteiger partial charge in [-0.2, -0.15) is 0 Å². The number of amides is 1. The smallest absolute Gasteiger partial charge is 0.230 e. The number of hydrogen-bond donors (Lipinski definition) is 1. The second kappa shape index (κ2) is 9.68. The summed E-state index contributed by atoms with van der Waals surface area (Å²) in [5, 5.41) is 13.3. The van der Waals surface area contributed by atoms with E-state index >= 15 is 0 Å². The first-order valence-corrected chi connectivity index (χ1v) is 13.9. The Bertz CT molecular complexity index is 1070. The standard InChI is InChI=1S/C20H24Cl2N4O3S2/c21-13-6-7-16(17(22)10-13)19-24-25-20(26(19)15-4-2-1-3-5-15)30-11-18(27)23-14-8-9-31(28,29)12-14/h6-7,10,14-15H,1-5,8-9,11-12H2,(H,23,27)/t14-/m0/s1. The van der Waals surface area contributed by atoms with Crippen molar-refractivity contribution in [3.05, 3.63) is 28.2 Å². The normalized spacial score (nSPS) is 21.3. The Morgan fingerprint density at radius 3 is 2.61 bits per heavy atom. The summed E-state index contributed by atoms with van der Waals surface area (Å²) < 4.78 is 25.3. The van der Waals surface area contributed by atoms with Crippen molar-refractivity contribution in [2.24, 2.45) is 0 Å². The van der Waals surface area contributed by atoms with E-state index in [2.05, 4.69) is 20.1 Å². The van der Waals surface area contributed by atoms with Crippen LogP contribution in [0.4, 0.5) is 0 Å². The lowest BCUT2D eigenvalue weighted by Crippen LogP contribution is -2.36. The average Bonchev–Trinajstić information content (AvgIpc) is 3.29. The molecular formula is C20H24Cl2N4O3S2. The molecular weight excluding hydrogens is 479 g/mol. The van der Waals surface area contributed by atoms with Gasteiger partial charge in [0, 0.05) is 22.7 Å². The van der Waals surface area contributed by atoms with Crippen LogP contribution in [0.5, 0.6) is 0 Å². The van der Waals surface area contributed by atoms with Crippen molar-refractivity contribution < 1.29 is 13.2 Å². The van der Waals surface area contributed by atoms with E-state index in [1.165, 1.54) is 18.2 Å². The van der Waals surface area contributed by atoms with Crippen LogP contribution in [-0.4, -0.2) is 52.4 Å². The predicted octanol–water partition coefficient (Wildman–Crippen LogP) is 4.15. The van der Waals surface area contributed by atoms with Crippen molar-refractivity contribution in [3.63, 3.8) is 0 Å². The molecule has 1 aliphatic carbocycles. The molecule has 0 bridgehead atoms. The van der Waals surface area contributed by atoms with E-state index in [-0.39, 0.29) is 35.2 Å². The van der Waals surface area contributed by atoms with Crippen LogP contribution in [0.15, 0.2) is 23.4 Å². The van der Waals surface area contributed by atoms with Crippen molar-refractivity contribution in [1.82, 2.24) is 20.1 Å². The number of carbonyl (C=O) groups excluding carboxylic acids is 1. The summed E-state index contributed by atoms with van der Waals surface area (Å²) in [4.78, 5) is 12.4. The summed E-state index contributed by atoms with van der Waals surface area (Å²) in [7, 11) is -3.03. The molecule has 0 unspecified atom stereocenters. The van der Waals surface area contributed by atoms with Gasteiger partial charge in [0.2, 0.25) is 5.91 Å². The van der Waals surface area contributed by atoms with Gasteiger partial charge >= 0.3 is 0 Å². The summed E-state index contributed by atoms with van der Waals surface area (Å²) in [5.74, 6) is 0.776. The summed E-state index contributed by atoms with van der Waals surface area (Å²) in [6.07, 6.45) is 6.00. The maximum absolute atomic E-state index is 12.4. The molecule has 11 heteroatoms. The minimum atomic E-state index is -3.03. The van der Waals surface area contributed by atoms with Gasteiger partial charge < -0.3 is 5.32 Å². The number of carbonyl (C=O) groups is 1. The largest absolute Gasteiger partial charge is 0.352 e. The fraction of sp³-hybridized carbons (Fsp3) is 0.550. The molecule has 1 saturated carbocycles. The highest BCUT2D eigenvalue weighted by atomic mass is 35.5. The van der Waals surface area contributed by atoms with Gasteiger partial charge in [0.25, 0.3) is 0 Å². The molecule has 31 heavy (non-hydrogen) atoms. The monoisotopic (exact) mass is 502 g/mol. The number of sulfone groups is 1. The lowest BCUT2D eigenvalue weighted by atomic mass is 9.95. The molecule has 0 radical (unpaired) electrons. The molecule has 1 amide bonds. The number of aromatic nitrogens is 3. The molecule has 1 atom stereocenters. The van der Waals surface area contributed by atoms with Crippen molar-refractivity contribution in [2.75, 3.05) is 17.3 Å². The van der Waals surface area contributed by atoms with Crippen LogP contribution < -0.4 is 5.32 Å². The van der Waals surface area contributed by atoms with E-state index < -0.39 is 9.84 Å². The highest BCUT2D eigenvalue weighted by molar-refractivity contribution is 7.99. The van der Waals surface area contributed by atoms with E-state index in [1.807, 2.05) is 6.07 Å². The van der Waals surface area contributed by atoms with Crippen LogP contribution in [-0.2, 0) is 14.6 Å². The SMILES string of the molecule is O=C(CSc1nnc(-c2ccc(Cl)cc2Cl)n1C1CCCCC1)N[C@H]1CCS(=O)(=O)C1. The highest BCUT2D eigenvalue weighted by Gasteiger charge is 2.29. The number of benzene rings is 1. The number of nitrogens with one attached hydrogen (secondary N) is 1. The van der Waals surface area contributed by atoms with Gasteiger partial charge in [-0.25, -0.2) is 8.42 Å². The third-order valence-electron chi connectivity index (χ3n) is 5.71. The van der Waals surface area contributed by atoms with Crippen molar-refractivity contribution in [1.29, 1.82) is 0 Å². The Morgan fingerprint density at radius 2 is 1.94 bits per heavy atom. The Labute approximate surface area is 196 Å². The highest BCUT2D eigenvalue weighted by Crippen LogP contribution is 2.38. The number of nitrogens with zero attached hydrogens (tertiary/aromatic N) is 3. The molecule has 2 fully saturated rings. The van der Waals surface area contributed by atoms with Crippen LogP contribution >= 0.6 is 35.0 Å². The Balaban J connectivity index is 1.53. The van der Waals surface area contributed by atoms with E-state index in [4.69, 9.17) is 23.2 Å². The minimum absolute atomic E-state index is 0.0148. The van der Waals surface area contributed by atoms with Crippen molar-refractivity contribution in [2.45, 2.75) is 55.8 Å². The third kappa shape index (κ3) is 5.56. The molecule has 2 aliphatic rings. The van der Waals surface area contributed by atoms with Crippen LogP contribution in [0.25, 0.3) is 11.4 Å². The summed E-state index contributed by atoms with van der Waals surface area (Å²) >= 11 is 13.8. The molecule has 1 aromatic heterocycles. The quantitative estimate of drug-likeness (QED) is 0.596. The van der Waals surface area contributed by atoms with Gasteiger partial charge in [-0.1, -0.05) is 54.2 Å². The Hall–Kier alpha value is -1.29. The molecule has 0 spiro atoms. The van der Waals surface area contributed by atoms with E-state index in [0.717, 1.165) is 31.2 Å². The summed E-state index contributed by atoms with van der Waals surface area (Å²) in [6.45, 7) is 0. The van der Waals surface area contributed by atoms with Gasteiger partial charge in [0.15, 0.2) is 20.8 Å². The van der Waals surface area contributed by atoms with E-state index in [1.54, 1.807) is 12.1 Å². The zero-order valence-electron chi connectivity index (χ0n) is 16.9. The zero-order valence-corrected chi connectivity index (χ0v) is 20.0. The molecule has 1 aromatic carbocycles. The second-order valence-corrected chi connectivity index (χ2v) is 12.1. The molecule has 4 rings (SSSR count). The molecule has 7 nitrogen and oxygen atoms in total. The second-order valence-electron chi connectivity index (χ2n) is 8.05. The van der Waals surface area contributed by atoms with Gasteiger partial charge in [-0.3, -0.25) is 9.36 Å². The van der Waals surface area contributed by atoms with Crippen molar-refractivity contribution in [3.8, 4) is 11.4 Å². The first-order chi connectivity index (χ1) is 14.8. The molecule has 2 aromatic rings. The third-order valence-corrected chi connectivity index (χ3v) is 8.97. The average molecular weight is 503 g/mol. The molecule has 1 N–H and O–H groups in total. The maximum Gasteiger partial charge on any atom is 0.230 e. The minimum Gasteiger partial charge on any atom is -0.352 e. The van der Waals surface area contributed by atoms with Gasteiger partial charge in [0.1, 0.15) is 0 Å². The lowest BCUT2D eigenvalue weighted by molar-refractivity contribution is -0.119. The Kier molecular flexibility index (Phi) is 7.15. The molecule has 168 valence electrons. The zero-order chi connectivity index (χ0) is 22.0.